The van der Waals surface area contributed by atoms with Gasteiger partial charge in [-0.15, -0.1) is 0 Å². The molecule has 0 unspecified atom stereocenters. The molecule has 0 heterocycles. The molecule has 1 aromatic carbocycles. The number of aromatic carboxylic acids is 1. The Morgan fingerprint density at radius 3 is 2.57 bits per heavy atom. The normalized spacial score (nSPS) is 16.6. The van der Waals surface area contributed by atoms with Gasteiger partial charge in [0.2, 0.25) is 10.0 Å². The summed E-state index contributed by atoms with van der Waals surface area (Å²) in [5.41, 5.74) is 5.74. The molecular formula is C14H20N2O4S. The van der Waals surface area contributed by atoms with Gasteiger partial charge in [0, 0.05) is 5.69 Å². The fourth-order valence-electron chi connectivity index (χ4n) is 2.70. The highest BCUT2D eigenvalue weighted by atomic mass is 32.2. The molecule has 21 heavy (non-hydrogen) atoms. The average molecular weight is 312 g/mol. The van der Waals surface area contributed by atoms with Gasteiger partial charge in [-0.05, 0) is 37.0 Å². The first-order valence-corrected chi connectivity index (χ1v) is 8.66. The van der Waals surface area contributed by atoms with Crippen LogP contribution in [-0.2, 0) is 10.0 Å². The number of rotatable bonds is 5. The quantitative estimate of drug-likeness (QED) is 0.723. The second kappa shape index (κ2) is 6.34. The Bertz CT molecular complexity index is 622. The van der Waals surface area contributed by atoms with E-state index in [-0.39, 0.29) is 28.6 Å². The van der Waals surface area contributed by atoms with Gasteiger partial charge in [-0.1, -0.05) is 19.3 Å². The van der Waals surface area contributed by atoms with Crippen LogP contribution in [0.15, 0.2) is 18.2 Å². The SMILES string of the molecule is Nc1ccc(NS(=O)(=O)CC2CCCCC2)c(C(=O)O)c1. The molecule has 1 fully saturated rings. The minimum Gasteiger partial charge on any atom is -0.478 e. The average Bonchev–Trinajstić information content (AvgIpc) is 2.41. The Kier molecular flexibility index (Phi) is 4.72. The highest BCUT2D eigenvalue weighted by molar-refractivity contribution is 7.92. The molecule has 116 valence electrons. The lowest BCUT2D eigenvalue weighted by Gasteiger charge is -2.21. The Morgan fingerprint density at radius 2 is 1.95 bits per heavy atom. The van der Waals surface area contributed by atoms with Crippen LogP contribution in [0.25, 0.3) is 0 Å². The van der Waals surface area contributed by atoms with Gasteiger partial charge in [-0.2, -0.15) is 0 Å². The van der Waals surface area contributed by atoms with Crippen LogP contribution < -0.4 is 10.5 Å². The summed E-state index contributed by atoms with van der Waals surface area (Å²) < 4.78 is 26.8. The predicted molar refractivity (Wildman–Crippen MR) is 81.8 cm³/mol. The zero-order chi connectivity index (χ0) is 15.5. The second-order valence-corrected chi connectivity index (χ2v) is 7.26. The van der Waals surface area contributed by atoms with E-state index in [1.807, 2.05) is 0 Å². The number of carboxylic acid groups (broad SMARTS) is 1. The molecule has 1 aromatic rings. The van der Waals surface area contributed by atoms with Gasteiger partial charge in [-0.25, -0.2) is 13.2 Å². The van der Waals surface area contributed by atoms with Crippen LogP contribution in [0.1, 0.15) is 42.5 Å². The fraction of sp³-hybridized carbons (Fsp3) is 0.500. The van der Waals surface area contributed by atoms with Crippen LogP contribution in [0.3, 0.4) is 0 Å². The second-order valence-electron chi connectivity index (χ2n) is 5.50. The van der Waals surface area contributed by atoms with Crippen molar-refractivity contribution in [2.45, 2.75) is 32.1 Å². The Morgan fingerprint density at radius 1 is 1.29 bits per heavy atom. The van der Waals surface area contributed by atoms with Gasteiger partial charge >= 0.3 is 5.97 Å². The Labute approximate surface area is 124 Å². The summed E-state index contributed by atoms with van der Waals surface area (Å²) in [5.74, 6) is -1.02. The van der Waals surface area contributed by atoms with E-state index in [0.29, 0.717) is 0 Å². The third kappa shape index (κ3) is 4.35. The van der Waals surface area contributed by atoms with Gasteiger partial charge in [0.05, 0.1) is 17.0 Å². The van der Waals surface area contributed by atoms with Crippen molar-refractivity contribution in [3.63, 3.8) is 0 Å². The van der Waals surface area contributed by atoms with Crippen molar-refractivity contribution in [1.82, 2.24) is 0 Å². The number of anilines is 2. The maximum Gasteiger partial charge on any atom is 0.337 e. The molecule has 0 saturated heterocycles. The lowest BCUT2D eigenvalue weighted by atomic mass is 9.91. The maximum absolute atomic E-state index is 12.2. The Balaban J connectivity index is 2.14. The first kappa shape index (κ1) is 15.6. The van der Waals surface area contributed by atoms with E-state index >= 15 is 0 Å². The molecule has 1 aliphatic carbocycles. The van der Waals surface area contributed by atoms with Crippen molar-refractivity contribution in [1.29, 1.82) is 0 Å². The standard InChI is InChI=1S/C14H20N2O4S/c15-11-6-7-13(12(8-11)14(17)18)16-21(19,20)9-10-4-2-1-3-5-10/h6-8,10,16H,1-5,9,15H2,(H,17,18). The minimum absolute atomic E-state index is 0.0381. The van der Waals surface area contributed by atoms with Gasteiger partial charge in [0.25, 0.3) is 0 Å². The van der Waals surface area contributed by atoms with Crippen LogP contribution >= 0.6 is 0 Å². The van der Waals surface area contributed by atoms with Crippen molar-refractivity contribution < 1.29 is 18.3 Å². The molecule has 0 aromatic heterocycles. The summed E-state index contributed by atoms with van der Waals surface area (Å²) in [6.45, 7) is 0. The number of carboxylic acids is 1. The molecule has 0 atom stereocenters. The lowest BCUT2D eigenvalue weighted by Crippen LogP contribution is -2.25. The third-order valence-electron chi connectivity index (χ3n) is 3.72. The lowest BCUT2D eigenvalue weighted by molar-refractivity contribution is 0.0698. The first-order chi connectivity index (χ1) is 9.87. The smallest absolute Gasteiger partial charge is 0.337 e. The number of benzene rings is 1. The van der Waals surface area contributed by atoms with Crippen LogP contribution in [0.5, 0.6) is 0 Å². The molecule has 1 aliphatic rings. The summed E-state index contributed by atoms with van der Waals surface area (Å²) in [6.07, 6.45) is 5.10. The molecule has 0 spiro atoms. The molecule has 4 N–H and O–H groups in total. The number of hydrogen-bond donors (Lipinski definition) is 3. The van der Waals surface area contributed by atoms with Crippen LogP contribution in [0.4, 0.5) is 11.4 Å². The minimum atomic E-state index is -3.56. The summed E-state index contributed by atoms with van der Waals surface area (Å²) in [7, 11) is -3.56. The van der Waals surface area contributed by atoms with Crippen LogP contribution in [-0.4, -0.2) is 25.2 Å². The summed E-state index contributed by atoms with van der Waals surface area (Å²) in [5, 5.41) is 9.12. The van der Waals surface area contributed by atoms with Gasteiger partial charge in [-0.3, -0.25) is 4.72 Å². The number of nitrogen functional groups attached to an aromatic ring is 1. The Hall–Kier alpha value is -1.76. The van der Waals surface area contributed by atoms with Crippen molar-refractivity contribution in [2.24, 2.45) is 5.92 Å². The first-order valence-electron chi connectivity index (χ1n) is 7.01. The number of carbonyl (C=O) groups is 1. The molecule has 1 saturated carbocycles. The molecule has 0 aliphatic heterocycles. The van der Waals surface area contributed by atoms with Crippen molar-refractivity contribution in [2.75, 3.05) is 16.2 Å². The predicted octanol–water partition coefficient (Wildman–Crippen LogP) is 2.29. The summed E-state index contributed by atoms with van der Waals surface area (Å²) >= 11 is 0. The van der Waals surface area contributed by atoms with E-state index in [9.17, 15) is 13.2 Å². The largest absolute Gasteiger partial charge is 0.478 e. The van der Waals surface area contributed by atoms with Crippen molar-refractivity contribution in [3.05, 3.63) is 23.8 Å². The molecular weight excluding hydrogens is 292 g/mol. The zero-order valence-electron chi connectivity index (χ0n) is 11.7. The highest BCUT2D eigenvalue weighted by Gasteiger charge is 2.23. The molecule has 7 heteroatoms. The number of hydrogen-bond acceptors (Lipinski definition) is 4. The van der Waals surface area contributed by atoms with E-state index in [0.717, 1.165) is 32.1 Å². The van der Waals surface area contributed by atoms with Gasteiger partial charge < -0.3 is 10.8 Å². The van der Waals surface area contributed by atoms with E-state index in [2.05, 4.69) is 4.72 Å². The molecule has 0 amide bonds. The third-order valence-corrected chi connectivity index (χ3v) is 5.16. The molecule has 0 bridgehead atoms. The maximum atomic E-state index is 12.2. The molecule has 6 nitrogen and oxygen atoms in total. The van der Waals surface area contributed by atoms with E-state index in [1.54, 1.807) is 0 Å². The summed E-state index contributed by atoms with van der Waals surface area (Å²) in [4.78, 5) is 11.2. The van der Waals surface area contributed by atoms with E-state index in [1.165, 1.54) is 18.2 Å². The zero-order valence-corrected chi connectivity index (χ0v) is 12.5. The number of nitrogens with one attached hydrogen (secondary N) is 1. The number of sulfonamides is 1. The number of nitrogens with two attached hydrogens (primary N) is 1. The van der Waals surface area contributed by atoms with Crippen molar-refractivity contribution >= 4 is 27.4 Å². The van der Waals surface area contributed by atoms with E-state index < -0.39 is 16.0 Å². The highest BCUT2D eigenvalue weighted by Crippen LogP contribution is 2.26. The van der Waals surface area contributed by atoms with E-state index in [4.69, 9.17) is 10.8 Å². The topological polar surface area (TPSA) is 109 Å². The fourth-order valence-corrected chi connectivity index (χ4v) is 4.25. The molecule has 2 rings (SSSR count). The summed E-state index contributed by atoms with van der Waals surface area (Å²) in [6, 6.07) is 4.11. The monoisotopic (exact) mass is 312 g/mol. The molecule has 0 radical (unpaired) electrons. The van der Waals surface area contributed by atoms with Crippen LogP contribution in [0, 0.1) is 5.92 Å². The van der Waals surface area contributed by atoms with Gasteiger partial charge in [0.15, 0.2) is 0 Å². The van der Waals surface area contributed by atoms with Gasteiger partial charge in [0.1, 0.15) is 0 Å². The van der Waals surface area contributed by atoms with Crippen LogP contribution in [0.2, 0.25) is 0 Å². The van der Waals surface area contributed by atoms with Crippen molar-refractivity contribution in [3.8, 4) is 0 Å².